The summed E-state index contributed by atoms with van der Waals surface area (Å²) in [6.45, 7) is 4.83. The van der Waals surface area contributed by atoms with Gasteiger partial charge in [-0.2, -0.15) is 4.31 Å². The van der Waals surface area contributed by atoms with Crippen LogP contribution in [-0.2, 0) is 10.0 Å². The zero-order valence-corrected chi connectivity index (χ0v) is 14.0. The molecule has 1 saturated heterocycles. The second-order valence-electron chi connectivity index (χ2n) is 5.99. The molecule has 5 heteroatoms. The fourth-order valence-corrected chi connectivity index (χ4v) is 6.00. The standard InChI is InChI=1S/C15H18BrNO2S/c1-11-8-13(16)14-9-15(11,2)10-17(14)20(18,19)12-6-4-3-5-7-12/h3-8,13-14H,9-10H2,1-2H3/t13-,14-,15-/m1/s1. The maximum absolute atomic E-state index is 12.9. The van der Waals surface area contributed by atoms with Gasteiger partial charge in [-0.1, -0.05) is 52.7 Å². The van der Waals surface area contributed by atoms with Crippen LogP contribution in [0.1, 0.15) is 20.3 Å². The van der Waals surface area contributed by atoms with Gasteiger partial charge in [0.2, 0.25) is 10.0 Å². The third-order valence-corrected chi connectivity index (χ3v) is 7.37. The van der Waals surface area contributed by atoms with Crippen LogP contribution in [0.4, 0.5) is 0 Å². The predicted molar refractivity (Wildman–Crippen MR) is 83.3 cm³/mol. The Kier molecular flexibility index (Phi) is 3.35. The van der Waals surface area contributed by atoms with Crippen LogP contribution in [0.3, 0.4) is 0 Å². The van der Waals surface area contributed by atoms with Crippen molar-refractivity contribution in [2.24, 2.45) is 5.41 Å². The summed E-state index contributed by atoms with van der Waals surface area (Å²) in [5, 5.41) is 0. The van der Waals surface area contributed by atoms with E-state index in [-0.39, 0.29) is 16.3 Å². The molecule has 1 aromatic rings. The number of nitrogens with zero attached hydrogens (tertiary/aromatic N) is 1. The molecule has 0 spiro atoms. The quantitative estimate of drug-likeness (QED) is 0.603. The highest BCUT2D eigenvalue weighted by Gasteiger charge is 2.51. The van der Waals surface area contributed by atoms with Gasteiger partial charge in [-0.15, -0.1) is 0 Å². The first-order valence-corrected chi connectivity index (χ1v) is 9.10. The fourth-order valence-electron chi connectivity index (χ4n) is 3.19. The lowest BCUT2D eigenvalue weighted by Crippen LogP contribution is -2.39. The summed E-state index contributed by atoms with van der Waals surface area (Å²) in [5.74, 6) is 0. The predicted octanol–water partition coefficient (Wildman–Crippen LogP) is 3.18. The highest BCUT2D eigenvalue weighted by atomic mass is 79.9. The Bertz CT molecular complexity index is 656. The van der Waals surface area contributed by atoms with Crippen molar-refractivity contribution in [3.63, 3.8) is 0 Å². The summed E-state index contributed by atoms with van der Waals surface area (Å²) in [6, 6.07) is 8.72. The summed E-state index contributed by atoms with van der Waals surface area (Å²) in [6.07, 6.45) is 3.05. The number of benzene rings is 1. The molecule has 0 radical (unpaired) electrons. The van der Waals surface area contributed by atoms with Crippen molar-refractivity contribution < 1.29 is 8.42 Å². The first kappa shape index (κ1) is 14.3. The highest BCUT2D eigenvalue weighted by molar-refractivity contribution is 9.09. The molecule has 3 rings (SSSR count). The van der Waals surface area contributed by atoms with Crippen molar-refractivity contribution in [2.75, 3.05) is 6.54 Å². The van der Waals surface area contributed by atoms with E-state index in [0.717, 1.165) is 6.42 Å². The largest absolute Gasteiger partial charge is 0.243 e. The zero-order chi connectivity index (χ0) is 14.5. The lowest BCUT2D eigenvalue weighted by Gasteiger charge is -2.30. The number of hydrogen-bond acceptors (Lipinski definition) is 2. The van der Waals surface area contributed by atoms with Crippen LogP contribution in [-0.4, -0.2) is 30.1 Å². The molecule has 0 amide bonds. The Balaban J connectivity index is 2.02. The van der Waals surface area contributed by atoms with E-state index in [2.05, 4.69) is 35.9 Å². The average Bonchev–Trinajstić information content (AvgIpc) is 2.75. The van der Waals surface area contributed by atoms with E-state index in [1.54, 1.807) is 28.6 Å². The molecule has 1 fully saturated rings. The van der Waals surface area contributed by atoms with Crippen LogP contribution in [0.2, 0.25) is 0 Å². The maximum Gasteiger partial charge on any atom is 0.243 e. The molecule has 1 aromatic carbocycles. The molecule has 0 N–H and O–H groups in total. The molecule has 0 aromatic heterocycles. The number of sulfonamides is 1. The normalized spacial score (nSPS) is 34.0. The van der Waals surface area contributed by atoms with Crippen molar-refractivity contribution in [1.82, 2.24) is 4.31 Å². The van der Waals surface area contributed by atoms with E-state index in [0.29, 0.717) is 11.4 Å². The Hall–Kier alpha value is -0.650. The van der Waals surface area contributed by atoms with Crippen LogP contribution in [0, 0.1) is 5.41 Å². The minimum atomic E-state index is -3.42. The molecule has 1 heterocycles. The van der Waals surface area contributed by atoms with Crippen molar-refractivity contribution in [2.45, 2.75) is 36.0 Å². The van der Waals surface area contributed by atoms with Crippen LogP contribution in [0.25, 0.3) is 0 Å². The number of hydrogen-bond donors (Lipinski definition) is 0. The van der Waals surface area contributed by atoms with E-state index in [4.69, 9.17) is 0 Å². The third-order valence-electron chi connectivity index (χ3n) is 4.61. The molecule has 1 aliphatic heterocycles. The van der Waals surface area contributed by atoms with Crippen LogP contribution >= 0.6 is 15.9 Å². The zero-order valence-electron chi connectivity index (χ0n) is 11.6. The van der Waals surface area contributed by atoms with E-state index < -0.39 is 10.0 Å². The summed E-state index contributed by atoms with van der Waals surface area (Å²) in [7, 11) is -3.42. The van der Waals surface area contributed by atoms with Crippen LogP contribution < -0.4 is 0 Å². The molecule has 2 aliphatic rings. The molecule has 0 saturated carbocycles. The van der Waals surface area contributed by atoms with Gasteiger partial charge < -0.3 is 0 Å². The topological polar surface area (TPSA) is 37.4 Å². The Morgan fingerprint density at radius 2 is 1.95 bits per heavy atom. The second-order valence-corrected chi connectivity index (χ2v) is 8.94. The SMILES string of the molecule is CC1=C[C@@H](Br)[C@H]2C[C@]1(C)CN2S(=O)(=O)c1ccccc1. The molecule has 1 aliphatic carbocycles. The van der Waals surface area contributed by atoms with E-state index in [1.165, 1.54) is 5.57 Å². The van der Waals surface area contributed by atoms with Gasteiger partial charge in [-0.3, -0.25) is 0 Å². The van der Waals surface area contributed by atoms with E-state index in [1.807, 2.05) is 6.07 Å². The van der Waals surface area contributed by atoms with Gasteiger partial charge in [0.1, 0.15) is 0 Å². The average molecular weight is 356 g/mol. The maximum atomic E-state index is 12.9. The highest BCUT2D eigenvalue weighted by Crippen LogP contribution is 2.49. The van der Waals surface area contributed by atoms with E-state index in [9.17, 15) is 8.42 Å². The first-order valence-electron chi connectivity index (χ1n) is 6.74. The fraction of sp³-hybridized carbons (Fsp3) is 0.467. The Morgan fingerprint density at radius 1 is 1.30 bits per heavy atom. The smallest absolute Gasteiger partial charge is 0.207 e. The minimum absolute atomic E-state index is 0.00825. The summed E-state index contributed by atoms with van der Waals surface area (Å²) in [5.41, 5.74) is 1.25. The van der Waals surface area contributed by atoms with Gasteiger partial charge in [0.15, 0.2) is 0 Å². The van der Waals surface area contributed by atoms with Crippen LogP contribution in [0.15, 0.2) is 46.9 Å². The number of rotatable bonds is 2. The lowest BCUT2D eigenvalue weighted by atomic mass is 9.76. The monoisotopic (exact) mass is 355 g/mol. The van der Waals surface area contributed by atoms with Crippen molar-refractivity contribution in [3.8, 4) is 0 Å². The van der Waals surface area contributed by atoms with Gasteiger partial charge in [0, 0.05) is 22.8 Å². The van der Waals surface area contributed by atoms with Gasteiger partial charge >= 0.3 is 0 Å². The van der Waals surface area contributed by atoms with Gasteiger partial charge in [-0.05, 0) is 25.5 Å². The summed E-state index contributed by atoms with van der Waals surface area (Å²) >= 11 is 3.63. The van der Waals surface area contributed by atoms with Crippen molar-refractivity contribution in [1.29, 1.82) is 0 Å². The lowest BCUT2D eigenvalue weighted by molar-refractivity contribution is 0.391. The molecule has 108 valence electrons. The molecule has 0 unspecified atom stereocenters. The summed E-state index contributed by atoms with van der Waals surface area (Å²) in [4.78, 5) is 0.477. The van der Waals surface area contributed by atoms with E-state index >= 15 is 0 Å². The second kappa shape index (κ2) is 4.68. The molecule has 3 nitrogen and oxygen atoms in total. The first-order chi connectivity index (χ1) is 9.34. The number of alkyl halides is 1. The molecular formula is C15H18BrNO2S. The number of halogens is 1. The van der Waals surface area contributed by atoms with Gasteiger partial charge in [-0.25, -0.2) is 8.42 Å². The number of fused-ring (bicyclic) bond motifs is 2. The van der Waals surface area contributed by atoms with Crippen molar-refractivity contribution >= 4 is 26.0 Å². The van der Waals surface area contributed by atoms with Gasteiger partial charge in [0.05, 0.1) is 4.90 Å². The Morgan fingerprint density at radius 3 is 2.60 bits per heavy atom. The Labute approximate surface area is 128 Å². The van der Waals surface area contributed by atoms with Crippen LogP contribution in [0.5, 0.6) is 0 Å². The van der Waals surface area contributed by atoms with Gasteiger partial charge in [0.25, 0.3) is 0 Å². The van der Waals surface area contributed by atoms with Crippen molar-refractivity contribution in [3.05, 3.63) is 42.0 Å². The third kappa shape index (κ3) is 2.07. The molecule has 2 bridgehead atoms. The molecule has 20 heavy (non-hydrogen) atoms. The summed E-state index contributed by atoms with van der Waals surface area (Å²) < 4.78 is 27.4. The minimum Gasteiger partial charge on any atom is -0.207 e. The molecule has 3 atom stereocenters. The molecular weight excluding hydrogens is 338 g/mol.